The third-order valence-corrected chi connectivity index (χ3v) is 3.87. The van der Waals surface area contributed by atoms with Gasteiger partial charge in [-0.3, -0.25) is 4.79 Å². The summed E-state index contributed by atoms with van der Waals surface area (Å²) < 4.78 is 5.97. The van der Waals surface area contributed by atoms with Crippen LogP contribution in [0.5, 0.6) is 0 Å². The molecular formula is C15H21ClN2O2. The molecule has 1 N–H and O–H groups in total. The van der Waals surface area contributed by atoms with Crippen LogP contribution in [0.25, 0.3) is 0 Å². The van der Waals surface area contributed by atoms with Crippen molar-refractivity contribution in [3.8, 4) is 0 Å². The summed E-state index contributed by atoms with van der Waals surface area (Å²) in [6.45, 7) is 5.05. The van der Waals surface area contributed by atoms with E-state index < -0.39 is 0 Å². The first-order valence-corrected chi connectivity index (χ1v) is 6.94. The van der Waals surface area contributed by atoms with Crippen molar-refractivity contribution in [3.63, 3.8) is 0 Å². The van der Waals surface area contributed by atoms with Crippen LogP contribution >= 0.6 is 12.4 Å². The molecule has 2 heterocycles. The average Bonchev–Trinajstić information content (AvgIpc) is 2.37. The van der Waals surface area contributed by atoms with Crippen molar-refractivity contribution >= 4 is 18.3 Å². The lowest BCUT2D eigenvalue weighted by atomic mass is 9.99. The van der Waals surface area contributed by atoms with Gasteiger partial charge in [-0.15, -0.1) is 12.4 Å². The second-order valence-electron chi connectivity index (χ2n) is 5.44. The summed E-state index contributed by atoms with van der Waals surface area (Å²) in [5.41, 5.74) is 1.15. The van der Waals surface area contributed by atoms with E-state index in [0.29, 0.717) is 13.1 Å². The molecule has 0 aliphatic carbocycles. The third kappa shape index (κ3) is 3.14. The topological polar surface area (TPSA) is 41.6 Å². The van der Waals surface area contributed by atoms with Gasteiger partial charge in [0.2, 0.25) is 5.91 Å². The van der Waals surface area contributed by atoms with E-state index in [4.69, 9.17) is 4.74 Å². The van der Waals surface area contributed by atoms with E-state index in [1.54, 1.807) is 0 Å². The largest absolute Gasteiger partial charge is 0.367 e. The summed E-state index contributed by atoms with van der Waals surface area (Å²) in [6.07, 6.45) is 0.0953. The van der Waals surface area contributed by atoms with Gasteiger partial charge in [0, 0.05) is 19.6 Å². The van der Waals surface area contributed by atoms with E-state index >= 15 is 0 Å². The number of hydrogen-bond donors (Lipinski definition) is 1. The zero-order valence-corrected chi connectivity index (χ0v) is 12.4. The molecule has 2 aliphatic rings. The van der Waals surface area contributed by atoms with Gasteiger partial charge in [0.15, 0.2) is 0 Å². The Balaban J connectivity index is 0.00000147. The number of amides is 1. The maximum absolute atomic E-state index is 12.3. The molecule has 2 atom stereocenters. The number of rotatable bonds is 2. The van der Waals surface area contributed by atoms with Crippen molar-refractivity contribution in [2.24, 2.45) is 5.92 Å². The summed E-state index contributed by atoms with van der Waals surface area (Å²) in [7, 11) is 0. The predicted octanol–water partition coefficient (Wildman–Crippen LogP) is 1.62. The van der Waals surface area contributed by atoms with Gasteiger partial charge in [0.25, 0.3) is 0 Å². The minimum atomic E-state index is 0. The molecule has 0 saturated carbocycles. The van der Waals surface area contributed by atoms with Crippen molar-refractivity contribution in [1.82, 2.24) is 10.2 Å². The number of hydrogen-bond acceptors (Lipinski definition) is 3. The summed E-state index contributed by atoms with van der Waals surface area (Å²) in [5, 5.41) is 3.16. The van der Waals surface area contributed by atoms with Gasteiger partial charge >= 0.3 is 0 Å². The first kappa shape index (κ1) is 15.3. The second kappa shape index (κ2) is 6.57. The van der Waals surface area contributed by atoms with Crippen LogP contribution in [-0.4, -0.2) is 43.1 Å². The van der Waals surface area contributed by atoms with E-state index in [-0.39, 0.29) is 36.4 Å². The number of carbonyl (C=O) groups excluding carboxylic acids is 1. The fourth-order valence-electron chi connectivity index (χ4n) is 2.70. The molecule has 3 rings (SSSR count). The van der Waals surface area contributed by atoms with Crippen LogP contribution in [-0.2, 0) is 9.53 Å². The van der Waals surface area contributed by atoms with Gasteiger partial charge in [-0.25, -0.2) is 0 Å². The highest BCUT2D eigenvalue weighted by Crippen LogP contribution is 2.26. The zero-order valence-electron chi connectivity index (χ0n) is 11.6. The molecule has 2 unspecified atom stereocenters. The lowest BCUT2D eigenvalue weighted by Gasteiger charge is -2.40. The maximum Gasteiger partial charge on any atom is 0.228 e. The molecule has 5 heteroatoms. The van der Waals surface area contributed by atoms with E-state index in [2.05, 4.69) is 17.4 Å². The Hall–Kier alpha value is -1.10. The maximum atomic E-state index is 12.3. The van der Waals surface area contributed by atoms with Crippen LogP contribution in [0.1, 0.15) is 18.6 Å². The van der Waals surface area contributed by atoms with Gasteiger partial charge in [0.05, 0.1) is 18.6 Å². The number of nitrogens with one attached hydrogen (secondary N) is 1. The van der Waals surface area contributed by atoms with Crippen LogP contribution in [0, 0.1) is 5.92 Å². The molecule has 2 saturated heterocycles. The highest BCUT2D eigenvalue weighted by molar-refractivity contribution is 5.85. The van der Waals surface area contributed by atoms with Gasteiger partial charge in [-0.2, -0.15) is 0 Å². The Kier molecular flexibility index (Phi) is 5.02. The van der Waals surface area contributed by atoms with Crippen LogP contribution in [0.15, 0.2) is 30.3 Å². The van der Waals surface area contributed by atoms with Crippen molar-refractivity contribution in [2.45, 2.75) is 19.1 Å². The SMILES string of the molecule is CC1CN(C(=O)C2CNC2)CC(c2ccccc2)O1.Cl. The minimum Gasteiger partial charge on any atom is -0.367 e. The zero-order chi connectivity index (χ0) is 13.2. The number of ether oxygens (including phenoxy) is 1. The standard InChI is InChI=1S/C15H20N2O2.ClH/c1-11-9-17(15(18)13-7-16-8-13)10-14(19-11)12-5-3-2-4-6-12;/h2-6,11,13-14,16H,7-10H2,1H3;1H. The number of halogens is 1. The fourth-order valence-corrected chi connectivity index (χ4v) is 2.70. The van der Waals surface area contributed by atoms with E-state index in [9.17, 15) is 4.79 Å². The van der Waals surface area contributed by atoms with Crippen molar-refractivity contribution < 1.29 is 9.53 Å². The monoisotopic (exact) mass is 296 g/mol. The normalized spacial score (nSPS) is 26.6. The molecule has 1 aromatic rings. The molecule has 1 aromatic carbocycles. The smallest absolute Gasteiger partial charge is 0.228 e. The lowest BCUT2D eigenvalue weighted by Crippen LogP contribution is -2.55. The van der Waals surface area contributed by atoms with Gasteiger partial charge in [-0.05, 0) is 12.5 Å². The quantitative estimate of drug-likeness (QED) is 0.902. The molecule has 110 valence electrons. The molecule has 2 aliphatic heterocycles. The average molecular weight is 297 g/mol. The summed E-state index contributed by atoms with van der Waals surface area (Å²) >= 11 is 0. The fraction of sp³-hybridized carbons (Fsp3) is 0.533. The Bertz CT molecular complexity index is 450. The molecule has 0 spiro atoms. The highest BCUT2D eigenvalue weighted by Gasteiger charge is 2.34. The van der Waals surface area contributed by atoms with Crippen LogP contribution in [0.4, 0.5) is 0 Å². The van der Waals surface area contributed by atoms with Crippen LogP contribution < -0.4 is 5.32 Å². The second-order valence-corrected chi connectivity index (χ2v) is 5.44. The Morgan fingerprint density at radius 1 is 1.25 bits per heavy atom. The Morgan fingerprint density at radius 2 is 1.95 bits per heavy atom. The molecule has 0 aromatic heterocycles. The number of nitrogens with zero attached hydrogens (tertiary/aromatic N) is 1. The molecule has 1 amide bonds. The first-order chi connectivity index (χ1) is 9.24. The lowest BCUT2D eigenvalue weighted by molar-refractivity contribution is -0.150. The summed E-state index contributed by atoms with van der Waals surface area (Å²) in [4.78, 5) is 14.3. The van der Waals surface area contributed by atoms with Crippen molar-refractivity contribution in [2.75, 3.05) is 26.2 Å². The van der Waals surface area contributed by atoms with E-state index in [0.717, 1.165) is 18.7 Å². The Morgan fingerprint density at radius 3 is 2.55 bits per heavy atom. The van der Waals surface area contributed by atoms with Gasteiger partial charge in [0.1, 0.15) is 6.10 Å². The minimum absolute atomic E-state index is 0. The van der Waals surface area contributed by atoms with Crippen LogP contribution in [0.3, 0.4) is 0 Å². The van der Waals surface area contributed by atoms with Gasteiger partial charge in [-0.1, -0.05) is 30.3 Å². The summed E-state index contributed by atoms with van der Waals surface area (Å²) in [5.74, 6) is 0.441. The number of carbonyl (C=O) groups is 1. The number of benzene rings is 1. The Labute approximate surface area is 125 Å². The summed E-state index contributed by atoms with van der Waals surface area (Å²) in [6, 6.07) is 10.2. The van der Waals surface area contributed by atoms with Crippen molar-refractivity contribution in [3.05, 3.63) is 35.9 Å². The molecular weight excluding hydrogens is 276 g/mol. The molecule has 0 radical (unpaired) electrons. The van der Waals surface area contributed by atoms with E-state index in [1.165, 1.54) is 0 Å². The molecule has 20 heavy (non-hydrogen) atoms. The van der Waals surface area contributed by atoms with Crippen LogP contribution in [0.2, 0.25) is 0 Å². The third-order valence-electron chi connectivity index (χ3n) is 3.87. The van der Waals surface area contributed by atoms with Crippen molar-refractivity contribution in [1.29, 1.82) is 0 Å². The van der Waals surface area contributed by atoms with E-state index in [1.807, 2.05) is 30.0 Å². The highest BCUT2D eigenvalue weighted by atomic mass is 35.5. The molecule has 0 bridgehead atoms. The molecule has 4 nitrogen and oxygen atoms in total. The number of morpholine rings is 1. The predicted molar refractivity (Wildman–Crippen MR) is 79.9 cm³/mol. The molecule has 2 fully saturated rings. The first-order valence-electron chi connectivity index (χ1n) is 6.94. The van der Waals surface area contributed by atoms with Gasteiger partial charge < -0.3 is 15.0 Å².